The third kappa shape index (κ3) is 3.14. The Bertz CT molecular complexity index is 456. The van der Waals surface area contributed by atoms with E-state index >= 15 is 0 Å². The van der Waals surface area contributed by atoms with Gasteiger partial charge in [-0.2, -0.15) is 0 Å². The molecule has 0 aliphatic rings. The molecule has 0 saturated heterocycles. The molecule has 0 spiro atoms. The summed E-state index contributed by atoms with van der Waals surface area (Å²) in [6.07, 6.45) is 2.50. The van der Waals surface area contributed by atoms with Crippen LogP contribution in [-0.2, 0) is 6.54 Å². The zero-order valence-electron chi connectivity index (χ0n) is 9.69. The summed E-state index contributed by atoms with van der Waals surface area (Å²) in [6, 6.07) is 8.59. The maximum absolute atomic E-state index is 13.1. The Labute approximate surface area is 99.6 Å². The Hall–Kier alpha value is -1.68. The van der Waals surface area contributed by atoms with E-state index in [1.54, 1.807) is 18.3 Å². The van der Waals surface area contributed by atoms with Gasteiger partial charge in [-0.15, -0.1) is 0 Å². The molecule has 1 atom stereocenters. The van der Waals surface area contributed by atoms with E-state index in [0.29, 0.717) is 6.54 Å². The summed E-state index contributed by atoms with van der Waals surface area (Å²) < 4.78 is 18.1. The van der Waals surface area contributed by atoms with E-state index in [0.717, 1.165) is 17.7 Å². The van der Waals surface area contributed by atoms with Gasteiger partial charge < -0.3 is 9.84 Å². The lowest BCUT2D eigenvalue weighted by Crippen LogP contribution is -2.20. The van der Waals surface area contributed by atoms with Crippen LogP contribution in [0.4, 0.5) is 4.39 Å². The summed E-state index contributed by atoms with van der Waals surface area (Å²) in [7, 11) is 0. The first-order valence-electron chi connectivity index (χ1n) is 5.68. The Kier molecular flexibility index (Phi) is 3.88. The van der Waals surface area contributed by atoms with Crippen molar-refractivity contribution in [2.75, 3.05) is 0 Å². The van der Waals surface area contributed by atoms with Gasteiger partial charge in [-0.1, -0.05) is 24.2 Å². The van der Waals surface area contributed by atoms with Crippen molar-refractivity contribution in [2.24, 2.45) is 0 Å². The first-order chi connectivity index (χ1) is 8.29. The summed E-state index contributed by atoms with van der Waals surface area (Å²) in [5.41, 5.74) is 0.951. The maximum Gasteiger partial charge on any atom is 0.150 e. The van der Waals surface area contributed by atoms with Gasteiger partial charge in [-0.25, -0.2) is 4.39 Å². The van der Waals surface area contributed by atoms with Crippen LogP contribution in [0.25, 0.3) is 0 Å². The molecule has 4 heteroatoms. The zero-order valence-corrected chi connectivity index (χ0v) is 9.69. The van der Waals surface area contributed by atoms with Gasteiger partial charge in [0.2, 0.25) is 0 Å². The molecular formula is C13H15FN2O. The predicted molar refractivity (Wildman–Crippen MR) is 62.8 cm³/mol. The number of rotatable bonds is 5. The molecule has 2 rings (SSSR count). The van der Waals surface area contributed by atoms with Gasteiger partial charge in [0.25, 0.3) is 0 Å². The lowest BCUT2D eigenvalue weighted by atomic mass is 10.0. The van der Waals surface area contributed by atoms with Crippen LogP contribution in [0, 0.1) is 5.82 Å². The monoisotopic (exact) mass is 234 g/mol. The van der Waals surface area contributed by atoms with Gasteiger partial charge in [0, 0.05) is 12.1 Å². The van der Waals surface area contributed by atoms with Crippen molar-refractivity contribution in [1.29, 1.82) is 0 Å². The van der Waals surface area contributed by atoms with Gasteiger partial charge >= 0.3 is 0 Å². The topological polar surface area (TPSA) is 38.1 Å². The summed E-state index contributed by atoms with van der Waals surface area (Å²) in [6.45, 7) is 2.65. The second-order valence-corrected chi connectivity index (χ2v) is 3.88. The fourth-order valence-electron chi connectivity index (χ4n) is 1.78. The summed E-state index contributed by atoms with van der Waals surface area (Å²) in [5, 5.41) is 6.95. The molecular weight excluding hydrogens is 219 g/mol. The average molecular weight is 234 g/mol. The molecule has 90 valence electrons. The third-order valence-electron chi connectivity index (χ3n) is 2.67. The highest BCUT2D eigenvalue weighted by atomic mass is 19.1. The molecule has 1 aromatic heterocycles. The number of nitrogens with zero attached hydrogens (tertiary/aromatic N) is 1. The third-order valence-corrected chi connectivity index (χ3v) is 2.67. The van der Waals surface area contributed by atoms with Crippen molar-refractivity contribution in [1.82, 2.24) is 10.5 Å². The molecule has 3 nitrogen and oxygen atoms in total. The molecule has 0 radical (unpaired) electrons. The van der Waals surface area contributed by atoms with Crippen LogP contribution >= 0.6 is 0 Å². The van der Waals surface area contributed by atoms with E-state index in [1.165, 1.54) is 6.07 Å². The van der Waals surface area contributed by atoms with Crippen molar-refractivity contribution in [3.8, 4) is 0 Å². The van der Waals surface area contributed by atoms with E-state index in [1.807, 2.05) is 12.1 Å². The normalized spacial score (nSPS) is 12.6. The quantitative estimate of drug-likeness (QED) is 0.864. The number of aromatic nitrogens is 1. The molecule has 0 amide bonds. The second-order valence-electron chi connectivity index (χ2n) is 3.88. The second kappa shape index (κ2) is 5.59. The molecule has 0 aliphatic carbocycles. The van der Waals surface area contributed by atoms with Crippen LogP contribution in [-0.4, -0.2) is 5.16 Å². The lowest BCUT2D eigenvalue weighted by Gasteiger charge is -2.16. The van der Waals surface area contributed by atoms with Gasteiger partial charge in [0.05, 0.1) is 12.7 Å². The number of hydrogen-bond acceptors (Lipinski definition) is 3. The predicted octanol–water partition coefficient (Wildman–Crippen LogP) is 3.05. The highest BCUT2D eigenvalue weighted by molar-refractivity contribution is 5.20. The fraction of sp³-hybridized carbons (Fsp3) is 0.308. The van der Waals surface area contributed by atoms with Gasteiger partial charge in [0.15, 0.2) is 0 Å². The Morgan fingerprint density at radius 2 is 2.29 bits per heavy atom. The molecule has 0 aliphatic heterocycles. The minimum absolute atomic E-state index is 0.121. The molecule has 1 aromatic carbocycles. The molecule has 1 heterocycles. The Balaban J connectivity index is 2.01. The minimum Gasteiger partial charge on any atom is -0.360 e. The summed E-state index contributed by atoms with van der Waals surface area (Å²) in [4.78, 5) is 0. The van der Waals surface area contributed by atoms with E-state index < -0.39 is 0 Å². The highest BCUT2D eigenvalue weighted by Crippen LogP contribution is 2.18. The van der Waals surface area contributed by atoms with Crippen LogP contribution in [0.1, 0.15) is 30.7 Å². The zero-order chi connectivity index (χ0) is 12.1. The smallest absolute Gasteiger partial charge is 0.150 e. The maximum atomic E-state index is 13.1. The molecule has 0 fully saturated rings. The standard InChI is InChI=1S/C13H15FN2O/c1-2-13(10-4-3-5-11(14)8-10)15-9-12-6-7-16-17-12/h3-8,13,15H,2,9H2,1H3. The molecule has 0 bridgehead atoms. The summed E-state index contributed by atoms with van der Waals surface area (Å²) >= 11 is 0. The molecule has 1 N–H and O–H groups in total. The van der Waals surface area contributed by atoms with Gasteiger partial charge in [-0.3, -0.25) is 0 Å². The van der Waals surface area contributed by atoms with E-state index in [-0.39, 0.29) is 11.9 Å². The first-order valence-corrected chi connectivity index (χ1v) is 5.68. The number of halogens is 1. The molecule has 0 saturated carbocycles. The lowest BCUT2D eigenvalue weighted by molar-refractivity contribution is 0.361. The van der Waals surface area contributed by atoms with E-state index in [9.17, 15) is 4.39 Å². The molecule has 1 unspecified atom stereocenters. The first kappa shape index (κ1) is 11.8. The molecule has 2 aromatic rings. The van der Waals surface area contributed by atoms with Crippen molar-refractivity contribution in [3.05, 3.63) is 53.7 Å². The van der Waals surface area contributed by atoms with Crippen molar-refractivity contribution >= 4 is 0 Å². The van der Waals surface area contributed by atoms with E-state index in [4.69, 9.17) is 4.52 Å². The summed E-state index contributed by atoms with van der Waals surface area (Å²) in [5.74, 6) is 0.572. The van der Waals surface area contributed by atoms with Crippen molar-refractivity contribution in [3.63, 3.8) is 0 Å². The minimum atomic E-state index is -0.206. The fourth-order valence-corrected chi connectivity index (χ4v) is 1.78. The van der Waals surface area contributed by atoms with E-state index in [2.05, 4.69) is 17.4 Å². The highest BCUT2D eigenvalue weighted by Gasteiger charge is 2.10. The van der Waals surface area contributed by atoms with Crippen LogP contribution in [0.2, 0.25) is 0 Å². The van der Waals surface area contributed by atoms with Gasteiger partial charge in [-0.05, 0) is 24.1 Å². The number of benzene rings is 1. The van der Waals surface area contributed by atoms with Crippen LogP contribution in [0.5, 0.6) is 0 Å². The molecule has 17 heavy (non-hydrogen) atoms. The van der Waals surface area contributed by atoms with Crippen LogP contribution in [0.15, 0.2) is 41.1 Å². The largest absolute Gasteiger partial charge is 0.360 e. The average Bonchev–Trinajstić information content (AvgIpc) is 2.83. The Morgan fingerprint density at radius 1 is 1.41 bits per heavy atom. The number of hydrogen-bond donors (Lipinski definition) is 1. The Morgan fingerprint density at radius 3 is 2.94 bits per heavy atom. The van der Waals surface area contributed by atoms with Crippen LogP contribution in [0.3, 0.4) is 0 Å². The van der Waals surface area contributed by atoms with Gasteiger partial charge in [0.1, 0.15) is 11.6 Å². The van der Waals surface area contributed by atoms with Crippen molar-refractivity contribution < 1.29 is 8.91 Å². The van der Waals surface area contributed by atoms with Crippen molar-refractivity contribution in [2.45, 2.75) is 25.9 Å². The number of nitrogens with one attached hydrogen (secondary N) is 1. The van der Waals surface area contributed by atoms with Crippen LogP contribution < -0.4 is 5.32 Å². The SMILES string of the molecule is CCC(NCc1ccno1)c1cccc(F)c1.